The number of aliphatic imine (C=N–C) groups is 1. The van der Waals surface area contributed by atoms with Gasteiger partial charge < -0.3 is 10.6 Å². The summed E-state index contributed by atoms with van der Waals surface area (Å²) >= 11 is 1.79. The van der Waals surface area contributed by atoms with Crippen molar-refractivity contribution in [3.05, 3.63) is 0 Å². The predicted octanol–water partition coefficient (Wildman–Crippen LogP) is 3.03. The van der Waals surface area contributed by atoms with E-state index in [0.717, 1.165) is 18.7 Å². The molecule has 1 aliphatic carbocycles. The van der Waals surface area contributed by atoms with Gasteiger partial charge in [0, 0.05) is 19.6 Å². The number of alkyl halides is 3. The minimum Gasteiger partial charge on any atom is -0.356 e. The number of halogens is 3. The van der Waals surface area contributed by atoms with E-state index in [-0.39, 0.29) is 18.9 Å². The van der Waals surface area contributed by atoms with Gasteiger partial charge in [-0.05, 0) is 44.1 Å². The van der Waals surface area contributed by atoms with E-state index in [0.29, 0.717) is 18.8 Å². The molecule has 20 heavy (non-hydrogen) atoms. The Balaban J connectivity index is 2.27. The number of rotatable bonds is 5. The lowest BCUT2D eigenvalue weighted by Gasteiger charge is -2.31. The molecule has 0 spiro atoms. The molecule has 0 radical (unpaired) electrons. The molecule has 0 aromatic carbocycles. The first kappa shape index (κ1) is 17.5. The zero-order valence-electron chi connectivity index (χ0n) is 12.1. The van der Waals surface area contributed by atoms with Crippen LogP contribution in [0.15, 0.2) is 4.99 Å². The summed E-state index contributed by atoms with van der Waals surface area (Å²) in [5, 5.41) is 6.42. The summed E-state index contributed by atoms with van der Waals surface area (Å²) in [6.07, 6.45) is 0.595. The lowest BCUT2D eigenvalue weighted by atomic mass is 9.85. The van der Waals surface area contributed by atoms with Gasteiger partial charge in [-0.1, -0.05) is 0 Å². The maximum Gasteiger partial charge on any atom is 0.391 e. The molecule has 0 aliphatic heterocycles. The van der Waals surface area contributed by atoms with Crippen LogP contribution in [0.1, 0.15) is 32.1 Å². The first-order valence-electron chi connectivity index (χ1n) is 7.00. The number of guanidine groups is 1. The molecule has 1 fully saturated rings. The molecule has 3 nitrogen and oxygen atoms in total. The third-order valence-corrected chi connectivity index (χ3v) is 4.27. The summed E-state index contributed by atoms with van der Waals surface area (Å²) in [5.74, 6) is 0.652. The second kappa shape index (κ2) is 8.64. The normalized spacial score (nSPS) is 24.6. The summed E-state index contributed by atoms with van der Waals surface area (Å²) in [6, 6.07) is 0.0975. The number of thioether (sulfide) groups is 1. The molecule has 0 heterocycles. The van der Waals surface area contributed by atoms with Gasteiger partial charge in [-0.3, -0.25) is 4.99 Å². The predicted molar refractivity (Wildman–Crippen MR) is 79.3 cm³/mol. The van der Waals surface area contributed by atoms with E-state index in [4.69, 9.17) is 0 Å². The third-order valence-electron chi connectivity index (χ3n) is 3.57. The van der Waals surface area contributed by atoms with E-state index in [9.17, 15) is 13.2 Å². The number of nitrogens with one attached hydrogen (secondary N) is 2. The second-order valence-electron chi connectivity index (χ2n) is 5.08. The van der Waals surface area contributed by atoms with Crippen molar-refractivity contribution in [3.8, 4) is 0 Å². The quantitative estimate of drug-likeness (QED) is 0.465. The Kier molecular flexibility index (Phi) is 7.55. The van der Waals surface area contributed by atoms with E-state index in [1.807, 2.05) is 0 Å². The lowest BCUT2D eigenvalue weighted by Crippen LogP contribution is -2.46. The van der Waals surface area contributed by atoms with Crippen LogP contribution in [-0.2, 0) is 0 Å². The molecular formula is C13H24F3N3S. The summed E-state index contributed by atoms with van der Waals surface area (Å²) in [5.41, 5.74) is 0. The van der Waals surface area contributed by atoms with Crippen LogP contribution in [0.5, 0.6) is 0 Å². The van der Waals surface area contributed by atoms with Gasteiger partial charge in [0.05, 0.1) is 5.92 Å². The van der Waals surface area contributed by atoms with Crippen molar-refractivity contribution in [2.45, 2.75) is 44.3 Å². The van der Waals surface area contributed by atoms with Gasteiger partial charge in [-0.2, -0.15) is 24.9 Å². The standard InChI is InChI=1S/C13H24F3N3S/c1-17-12(18-8-3-9-20-2)19-11-6-4-10(5-7-11)13(14,15)16/h10-11H,3-9H2,1-2H3,(H2,17,18,19). The topological polar surface area (TPSA) is 36.4 Å². The van der Waals surface area contributed by atoms with Crippen LogP contribution in [0.3, 0.4) is 0 Å². The van der Waals surface area contributed by atoms with Gasteiger partial charge in [-0.15, -0.1) is 0 Å². The number of hydrogen-bond acceptors (Lipinski definition) is 2. The molecule has 7 heteroatoms. The third kappa shape index (κ3) is 6.24. The highest BCUT2D eigenvalue weighted by Gasteiger charge is 2.41. The highest BCUT2D eigenvalue weighted by molar-refractivity contribution is 7.98. The Labute approximate surface area is 123 Å². The maximum absolute atomic E-state index is 12.6. The van der Waals surface area contributed by atoms with Crippen molar-refractivity contribution in [1.29, 1.82) is 0 Å². The molecule has 0 aromatic heterocycles. The van der Waals surface area contributed by atoms with E-state index in [2.05, 4.69) is 21.9 Å². The lowest BCUT2D eigenvalue weighted by molar-refractivity contribution is -0.182. The number of nitrogens with zero attached hydrogens (tertiary/aromatic N) is 1. The molecular weight excluding hydrogens is 287 g/mol. The Morgan fingerprint density at radius 2 is 1.90 bits per heavy atom. The fourth-order valence-corrected chi connectivity index (χ4v) is 2.81. The van der Waals surface area contributed by atoms with E-state index in [1.54, 1.807) is 18.8 Å². The summed E-state index contributed by atoms with van der Waals surface area (Å²) in [4.78, 5) is 4.11. The van der Waals surface area contributed by atoms with Crippen LogP contribution in [-0.4, -0.2) is 43.8 Å². The summed E-state index contributed by atoms with van der Waals surface area (Å²) in [6.45, 7) is 0.832. The van der Waals surface area contributed by atoms with E-state index >= 15 is 0 Å². The van der Waals surface area contributed by atoms with Crippen LogP contribution in [0.4, 0.5) is 13.2 Å². The SMILES string of the molecule is CN=C(NCCCSC)NC1CCC(C(F)(F)F)CC1. The zero-order valence-corrected chi connectivity index (χ0v) is 12.9. The molecule has 1 aliphatic rings. The van der Waals surface area contributed by atoms with Crippen LogP contribution in [0.25, 0.3) is 0 Å². The molecule has 0 atom stereocenters. The Bertz CT molecular complexity index is 300. The minimum atomic E-state index is -4.04. The van der Waals surface area contributed by atoms with Gasteiger partial charge in [0.25, 0.3) is 0 Å². The van der Waals surface area contributed by atoms with Gasteiger partial charge in [0.15, 0.2) is 5.96 Å². The molecule has 0 saturated heterocycles. The van der Waals surface area contributed by atoms with Gasteiger partial charge >= 0.3 is 6.18 Å². The van der Waals surface area contributed by atoms with E-state index < -0.39 is 12.1 Å². The fourth-order valence-electron chi connectivity index (χ4n) is 2.38. The second-order valence-corrected chi connectivity index (χ2v) is 6.07. The van der Waals surface area contributed by atoms with Crippen molar-refractivity contribution in [3.63, 3.8) is 0 Å². The smallest absolute Gasteiger partial charge is 0.356 e. The molecule has 118 valence electrons. The molecule has 0 bridgehead atoms. The van der Waals surface area contributed by atoms with Gasteiger partial charge in [0.1, 0.15) is 0 Å². The van der Waals surface area contributed by atoms with Crippen molar-refractivity contribution in [2.75, 3.05) is 25.6 Å². The van der Waals surface area contributed by atoms with Crippen LogP contribution in [0, 0.1) is 5.92 Å². The van der Waals surface area contributed by atoms with Crippen molar-refractivity contribution in [1.82, 2.24) is 10.6 Å². The molecule has 1 rings (SSSR count). The summed E-state index contributed by atoms with van der Waals surface area (Å²) in [7, 11) is 1.69. The first-order chi connectivity index (χ1) is 9.47. The largest absolute Gasteiger partial charge is 0.391 e. The number of hydrogen-bond donors (Lipinski definition) is 2. The van der Waals surface area contributed by atoms with Gasteiger partial charge in [0.2, 0.25) is 0 Å². The highest BCUT2D eigenvalue weighted by atomic mass is 32.2. The maximum atomic E-state index is 12.6. The van der Waals surface area contributed by atoms with Crippen molar-refractivity contribution in [2.24, 2.45) is 10.9 Å². The fraction of sp³-hybridized carbons (Fsp3) is 0.923. The van der Waals surface area contributed by atoms with Gasteiger partial charge in [-0.25, -0.2) is 0 Å². The van der Waals surface area contributed by atoms with Crippen molar-refractivity contribution < 1.29 is 13.2 Å². The highest BCUT2D eigenvalue weighted by Crippen LogP contribution is 2.37. The van der Waals surface area contributed by atoms with Crippen LogP contribution >= 0.6 is 11.8 Å². The Hall–Kier alpha value is -0.590. The monoisotopic (exact) mass is 311 g/mol. The molecule has 0 amide bonds. The first-order valence-corrected chi connectivity index (χ1v) is 8.39. The van der Waals surface area contributed by atoms with Crippen LogP contribution in [0.2, 0.25) is 0 Å². The minimum absolute atomic E-state index is 0.0975. The van der Waals surface area contributed by atoms with Crippen LogP contribution < -0.4 is 10.6 Å². The average molecular weight is 311 g/mol. The molecule has 2 N–H and O–H groups in total. The average Bonchev–Trinajstić information content (AvgIpc) is 2.42. The Morgan fingerprint density at radius 3 is 2.40 bits per heavy atom. The summed E-state index contributed by atoms with van der Waals surface area (Å²) < 4.78 is 37.7. The zero-order chi connectivity index (χ0) is 15.0. The van der Waals surface area contributed by atoms with E-state index in [1.165, 1.54) is 0 Å². The molecule has 0 aromatic rings. The molecule has 1 saturated carbocycles. The van der Waals surface area contributed by atoms with Crippen molar-refractivity contribution >= 4 is 17.7 Å². The molecule has 0 unspecified atom stereocenters. The Morgan fingerprint density at radius 1 is 1.25 bits per heavy atom.